The quantitative estimate of drug-likeness (QED) is 0.800. The topological polar surface area (TPSA) is 89.0 Å². The number of hydrogen-bond acceptors (Lipinski definition) is 5. The minimum atomic E-state index is -3.58. The molecule has 0 aliphatic heterocycles. The van der Waals surface area contributed by atoms with Gasteiger partial charge in [-0.05, 0) is 53.0 Å². The Labute approximate surface area is 143 Å². The number of amides is 1. The van der Waals surface area contributed by atoms with E-state index in [0.717, 1.165) is 11.1 Å². The summed E-state index contributed by atoms with van der Waals surface area (Å²) < 4.78 is 24.0. The maximum absolute atomic E-state index is 12.4. The third kappa shape index (κ3) is 3.94. The molecule has 0 saturated carbocycles. The fraction of sp³-hybridized carbons (Fsp3) is 0.267. The molecule has 1 aromatic heterocycles. The molecule has 23 heavy (non-hydrogen) atoms. The number of aromatic nitrogens is 2. The van der Waals surface area contributed by atoms with E-state index in [-0.39, 0.29) is 16.6 Å². The van der Waals surface area contributed by atoms with Crippen molar-refractivity contribution in [2.75, 3.05) is 11.1 Å². The molecule has 2 aromatic rings. The molecule has 1 aromatic carbocycles. The number of hydrogen-bond donors (Lipinski definition) is 1. The van der Waals surface area contributed by atoms with Crippen molar-refractivity contribution in [2.45, 2.75) is 25.9 Å². The Hall–Kier alpha value is -1.80. The van der Waals surface area contributed by atoms with Gasteiger partial charge in [0.15, 0.2) is 0 Å². The van der Waals surface area contributed by atoms with Crippen LogP contribution in [0.1, 0.15) is 28.5 Å². The summed E-state index contributed by atoms with van der Waals surface area (Å²) in [5, 5.41) is 2.36. The SMILES string of the molecule is CCS(=O)(=O)c1ncc(Br)c(C(=O)Nc2ccc(C)c(C)c2)n1. The highest BCUT2D eigenvalue weighted by atomic mass is 79.9. The molecular formula is C15H16BrN3O3S. The Morgan fingerprint density at radius 3 is 2.57 bits per heavy atom. The molecule has 0 saturated heterocycles. The number of benzene rings is 1. The molecule has 8 heteroatoms. The zero-order chi connectivity index (χ0) is 17.2. The van der Waals surface area contributed by atoms with E-state index in [1.54, 1.807) is 6.07 Å². The summed E-state index contributed by atoms with van der Waals surface area (Å²) >= 11 is 3.18. The number of aryl methyl sites for hydroxylation is 2. The third-order valence-electron chi connectivity index (χ3n) is 3.36. The van der Waals surface area contributed by atoms with E-state index in [1.165, 1.54) is 13.1 Å². The summed E-state index contributed by atoms with van der Waals surface area (Å²) in [4.78, 5) is 20.0. The first-order valence-electron chi connectivity index (χ1n) is 6.88. The van der Waals surface area contributed by atoms with E-state index in [4.69, 9.17) is 0 Å². The van der Waals surface area contributed by atoms with Crippen molar-refractivity contribution < 1.29 is 13.2 Å². The lowest BCUT2D eigenvalue weighted by molar-refractivity contribution is 0.102. The van der Waals surface area contributed by atoms with Crippen molar-refractivity contribution in [3.05, 3.63) is 45.7 Å². The molecule has 1 amide bonds. The van der Waals surface area contributed by atoms with Crippen LogP contribution in [0, 0.1) is 13.8 Å². The number of sulfone groups is 1. The highest BCUT2D eigenvalue weighted by Crippen LogP contribution is 2.19. The number of rotatable bonds is 4. The van der Waals surface area contributed by atoms with Crippen molar-refractivity contribution in [2.24, 2.45) is 0 Å². The van der Waals surface area contributed by atoms with E-state index >= 15 is 0 Å². The van der Waals surface area contributed by atoms with Crippen molar-refractivity contribution in [3.8, 4) is 0 Å². The molecule has 0 unspecified atom stereocenters. The van der Waals surface area contributed by atoms with Gasteiger partial charge in [0.2, 0.25) is 15.0 Å². The van der Waals surface area contributed by atoms with E-state index in [2.05, 4.69) is 31.2 Å². The van der Waals surface area contributed by atoms with Crippen LogP contribution in [-0.2, 0) is 9.84 Å². The molecule has 6 nitrogen and oxygen atoms in total. The Morgan fingerprint density at radius 1 is 1.26 bits per heavy atom. The van der Waals surface area contributed by atoms with Gasteiger partial charge in [-0.1, -0.05) is 13.0 Å². The van der Waals surface area contributed by atoms with Crippen LogP contribution in [0.5, 0.6) is 0 Å². The van der Waals surface area contributed by atoms with Gasteiger partial charge in [0.1, 0.15) is 5.69 Å². The first kappa shape index (κ1) is 17.6. The fourth-order valence-corrected chi connectivity index (χ4v) is 2.87. The van der Waals surface area contributed by atoms with Crippen LogP contribution < -0.4 is 5.32 Å². The summed E-state index contributed by atoms with van der Waals surface area (Å²) in [5.41, 5.74) is 2.75. The van der Waals surface area contributed by atoms with Gasteiger partial charge in [0, 0.05) is 11.9 Å². The predicted octanol–water partition coefficient (Wildman–Crippen LogP) is 2.90. The summed E-state index contributed by atoms with van der Waals surface area (Å²) in [6.07, 6.45) is 1.27. The zero-order valence-corrected chi connectivity index (χ0v) is 15.3. The maximum atomic E-state index is 12.4. The van der Waals surface area contributed by atoms with Gasteiger partial charge in [-0.2, -0.15) is 0 Å². The van der Waals surface area contributed by atoms with Gasteiger partial charge < -0.3 is 5.32 Å². The first-order valence-corrected chi connectivity index (χ1v) is 9.33. The minimum Gasteiger partial charge on any atom is -0.321 e. The first-order chi connectivity index (χ1) is 10.7. The second kappa shape index (κ2) is 6.76. The average molecular weight is 398 g/mol. The molecule has 1 heterocycles. The van der Waals surface area contributed by atoms with Gasteiger partial charge >= 0.3 is 0 Å². The van der Waals surface area contributed by atoms with Crippen molar-refractivity contribution >= 4 is 37.4 Å². The highest BCUT2D eigenvalue weighted by molar-refractivity contribution is 9.10. The van der Waals surface area contributed by atoms with Crippen LogP contribution in [0.4, 0.5) is 5.69 Å². The number of nitrogens with one attached hydrogen (secondary N) is 1. The molecule has 0 radical (unpaired) electrons. The molecule has 0 spiro atoms. The average Bonchev–Trinajstić information content (AvgIpc) is 2.51. The van der Waals surface area contributed by atoms with Gasteiger partial charge in [-0.15, -0.1) is 0 Å². The Balaban J connectivity index is 2.35. The lowest BCUT2D eigenvalue weighted by Crippen LogP contribution is -2.18. The van der Waals surface area contributed by atoms with Gasteiger partial charge in [-0.25, -0.2) is 18.4 Å². The molecule has 0 fully saturated rings. The van der Waals surface area contributed by atoms with Gasteiger partial charge in [0.25, 0.3) is 5.91 Å². The molecule has 1 N–H and O–H groups in total. The van der Waals surface area contributed by atoms with Crippen LogP contribution in [0.15, 0.2) is 34.0 Å². The van der Waals surface area contributed by atoms with E-state index in [1.807, 2.05) is 26.0 Å². The van der Waals surface area contributed by atoms with Crippen LogP contribution in [-0.4, -0.2) is 30.0 Å². The summed E-state index contributed by atoms with van der Waals surface area (Å²) in [5.74, 6) is -0.637. The van der Waals surface area contributed by atoms with E-state index in [0.29, 0.717) is 10.2 Å². The zero-order valence-electron chi connectivity index (χ0n) is 12.9. The molecule has 0 bridgehead atoms. The lowest BCUT2D eigenvalue weighted by atomic mass is 10.1. The maximum Gasteiger partial charge on any atom is 0.275 e. The van der Waals surface area contributed by atoms with E-state index in [9.17, 15) is 13.2 Å². The van der Waals surface area contributed by atoms with Gasteiger partial charge in [0.05, 0.1) is 10.2 Å². The lowest BCUT2D eigenvalue weighted by Gasteiger charge is -2.09. The largest absolute Gasteiger partial charge is 0.321 e. The van der Waals surface area contributed by atoms with Crippen LogP contribution >= 0.6 is 15.9 Å². The number of nitrogens with zero attached hydrogens (tertiary/aromatic N) is 2. The van der Waals surface area contributed by atoms with Crippen molar-refractivity contribution in [3.63, 3.8) is 0 Å². The molecule has 0 aliphatic rings. The molecule has 122 valence electrons. The van der Waals surface area contributed by atoms with Crippen LogP contribution in [0.3, 0.4) is 0 Å². The Kier molecular flexibility index (Phi) is 5.16. The number of anilines is 1. The molecular weight excluding hydrogens is 382 g/mol. The van der Waals surface area contributed by atoms with E-state index < -0.39 is 15.7 Å². The number of halogens is 1. The Bertz CT molecular complexity index is 866. The van der Waals surface area contributed by atoms with Crippen LogP contribution in [0.2, 0.25) is 0 Å². The fourth-order valence-electron chi connectivity index (χ4n) is 1.80. The summed E-state index contributed by atoms with van der Waals surface area (Å²) in [6.45, 7) is 5.41. The second-order valence-corrected chi connectivity index (χ2v) is 8.03. The van der Waals surface area contributed by atoms with Crippen molar-refractivity contribution in [1.82, 2.24) is 9.97 Å². The van der Waals surface area contributed by atoms with Gasteiger partial charge in [-0.3, -0.25) is 4.79 Å². The normalized spacial score (nSPS) is 11.3. The molecule has 2 rings (SSSR count). The second-order valence-electron chi connectivity index (χ2n) is 5.01. The summed E-state index contributed by atoms with van der Waals surface area (Å²) in [6, 6.07) is 5.51. The van der Waals surface area contributed by atoms with Crippen LogP contribution in [0.25, 0.3) is 0 Å². The molecule has 0 aliphatic carbocycles. The highest BCUT2D eigenvalue weighted by Gasteiger charge is 2.20. The predicted molar refractivity (Wildman–Crippen MR) is 91.3 cm³/mol. The molecule has 0 atom stereocenters. The number of carbonyl (C=O) groups is 1. The third-order valence-corrected chi connectivity index (χ3v) is 5.45. The smallest absolute Gasteiger partial charge is 0.275 e. The Morgan fingerprint density at radius 2 is 1.96 bits per heavy atom. The minimum absolute atomic E-state index is 0.0229. The standard InChI is InChI=1S/C15H16BrN3O3S/c1-4-23(21,22)15-17-8-12(16)13(19-15)14(20)18-11-6-5-9(2)10(3)7-11/h5-8H,4H2,1-3H3,(H,18,20). The van der Waals surface area contributed by atoms with Crippen molar-refractivity contribution in [1.29, 1.82) is 0 Å². The number of carbonyl (C=O) groups excluding carboxylic acids is 1. The monoisotopic (exact) mass is 397 g/mol. The summed E-state index contributed by atoms with van der Waals surface area (Å²) in [7, 11) is -3.58.